The van der Waals surface area contributed by atoms with Crippen molar-refractivity contribution in [1.29, 1.82) is 0 Å². The Bertz CT molecular complexity index is 1950. The second kappa shape index (κ2) is 16.7. The number of carbonyl (C=O) groups excluding carboxylic acids is 3. The van der Waals surface area contributed by atoms with Gasteiger partial charge in [0.15, 0.2) is 0 Å². The van der Waals surface area contributed by atoms with Crippen LogP contribution in [0.3, 0.4) is 0 Å². The van der Waals surface area contributed by atoms with Gasteiger partial charge in [-0.2, -0.15) is 13.2 Å². The number of phenolic OH excluding ortho intramolecular Hbond substituents is 1. The third-order valence-electron chi connectivity index (χ3n) is 8.75. The van der Waals surface area contributed by atoms with Crippen molar-refractivity contribution in [3.63, 3.8) is 0 Å². The number of rotatable bonds is 11. The number of phenols is 1. The zero-order valence-electron chi connectivity index (χ0n) is 28.2. The van der Waals surface area contributed by atoms with Gasteiger partial charge in [0.25, 0.3) is 11.8 Å². The van der Waals surface area contributed by atoms with Gasteiger partial charge in [0, 0.05) is 37.1 Å². The number of nitrogens with zero attached hydrogens (tertiary/aromatic N) is 3. The molecule has 2 aromatic heterocycles. The van der Waals surface area contributed by atoms with Crippen LogP contribution in [0.25, 0.3) is 11.1 Å². The zero-order chi connectivity index (χ0) is 37.5. The molecule has 0 radical (unpaired) electrons. The fourth-order valence-electron chi connectivity index (χ4n) is 6.10. The molecule has 1 saturated carbocycles. The minimum atomic E-state index is -5.13. The smallest absolute Gasteiger partial charge is 0.490 e. The highest BCUT2D eigenvalue weighted by molar-refractivity contribution is 7.09. The van der Waals surface area contributed by atoms with Crippen LogP contribution >= 0.6 is 11.3 Å². The first-order valence-corrected chi connectivity index (χ1v) is 17.6. The maximum absolute atomic E-state index is 14.4. The molecule has 1 aliphatic carbocycles. The van der Waals surface area contributed by atoms with Crippen LogP contribution in [-0.4, -0.2) is 82.3 Å². The first-order valence-electron chi connectivity index (χ1n) is 16.8. The summed E-state index contributed by atoms with van der Waals surface area (Å²) in [5.74, 6) is -3.74. The van der Waals surface area contributed by atoms with Crippen LogP contribution in [0.15, 0.2) is 60.1 Å². The van der Waals surface area contributed by atoms with Crippen molar-refractivity contribution in [2.45, 2.75) is 57.1 Å². The molecule has 2 aliphatic rings. The maximum atomic E-state index is 14.4. The Kier molecular flexibility index (Phi) is 11.8. The number of aromatic hydroxyl groups is 1. The zero-order valence-corrected chi connectivity index (χ0v) is 29.0. The van der Waals surface area contributed by atoms with E-state index in [9.17, 15) is 37.1 Å². The van der Waals surface area contributed by atoms with E-state index in [1.165, 1.54) is 5.38 Å². The number of amides is 2. The van der Waals surface area contributed by atoms with Crippen LogP contribution in [0.5, 0.6) is 17.4 Å². The Labute approximate surface area is 305 Å². The molecule has 3 N–H and O–H groups in total. The van der Waals surface area contributed by atoms with Crippen molar-refractivity contribution in [3.05, 3.63) is 87.8 Å². The molecule has 3 heterocycles. The highest BCUT2D eigenvalue weighted by Crippen LogP contribution is 2.33. The summed E-state index contributed by atoms with van der Waals surface area (Å²) in [5.41, 5.74) is 2.51. The van der Waals surface area contributed by atoms with E-state index in [1.54, 1.807) is 30.3 Å². The van der Waals surface area contributed by atoms with Crippen molar-refractivity contribution >= 4 is 29.1 Å². The molecule has 1 aliphatic heterocycles. The summed E-state index contributed by atoms with van der Waals surface area (Å²) in [6.07, 6.45) is -2.18. The number of carbonyl (C=O) groups is 3. The lowest BCUT2D eigenvalue weighted by Gasteiger charge is -2.29. The van der Waals surface area contributed by atoms with E-state index in [0.29, 0.717) is 51.2 Å². The molecule has 0 unspecified atom stereocenters. The molecule has 12 nitrogen and oxygen atoms in total. The van der Waals surface area contributed by atoms with E-state index in [-0.39, 0.29) is 40.0 Å². The number of hydrogen-bond acceptors (Lipinski definition) is 11. The number of esters is 1. The molecule has 2 aromatic carbocycles. The van der Waals surface area contributed by atoms with Gasteiger partial charge < -0.3 is 30.0 Å². The lowest BCUT2D eigenvalue weighted by atomic mass is 9.91. The normalized spacial score (nSPS) is 17.9. The molecule has 6 rings (SSSR count). The monoisotopic (exact) mass is 757 g/mol. The number of morpholine rings is 1. The van der Waals surface area contributed by atoms with Crippen LogP contribution in [0.1, 0.15) is 57.1 Å². The summed E-state index contributed by atoms with van der Waals surface area (Å²) >= 11 is 0.887. The molecular formula is C36H35F4N5O7S. The number of aromatic nitrogens is 2. The minimum absolute atomic E-state index is 0.0170. The van der Waals surface area contributed by atoms with Crippen LogP contribution in [-0.2, 0) is 27.4 Å². The van der Waals surface area contributed by atoms with Gasteiger partial charge in [-0.05, 0) is 72.7 Å². The Morgan fingerprint density at radius 2 is 1.70 bits per heavy atom. The molecule has 4 aromatic rings. The van der Waals surface area contributed by atoms with Gasteiger partial charge in [0.05, 0.1) is 19.4 Å². The minimum Gasteiger partial charge on any atom is -0.508 e. The summed E-state index contributed by atoms with van der Waals surface area (Å²) in [6.45, 7) is 2.72. The summed E-state index contributed by atoms with van der Waals surface area (Å²) < 4.78 is 67.2. The number of benzene rings is 2. The lowest BCUT2D eigenvalue weighted by Crippen LogP contribution is -2.44. The third kappa shape index (κ3) is 10.1. The average Bonchev–Trinajstić information content (AvgIpc) is 3.62. The molecule has 0 atom stereocenters. The van der Waals surface area contributed by atoms with E-state index >= 15 is 0 Å². The maximum Gasteiger partial charge on any atom is 0.490 e. The van der Waals surface area contributed by atoms with Gasteiger partial charge in [-0.1, -0.05) is 18.2 Å². The summed E-state index contributed by atoms with van der Waals surface area (Å²) in [6, 6.07) is 12.9. The molecule has 17 heteroatoms. The summed E-state index contributed by atoms with van der Waals surface area (Å²) in [5, 5.41) is 17.4. The summed E-state index contributed by atoms with van der Waals surface area (Å²) in [7, 11) is 0. The van der Waals surface area contributed by atoms with Gasteiger partial charge in [-0.3, -0.25) is 14.5 Å². The number of alkyl halides is 3. The number of halogens is 4. The Morgan fingerprint density at radius 1 is 0.981 bits per heavy atom. The number of pyridine rings is 1. The molecular weight excluding hydrogens is 722 g/mol. The van der Waals surface area contributed by atoms with E-state index in [0.717, 1.165) is 53.4 Å². The van der Waals surface area contributed by atoms with Gasteiger partial charge in [-0.25, -0.2) is 19.2 Å². The van der Waals surface area contributed by atoms with Crippen LogP contribution in [0, 0.1) is 5.82 Å². The van der Waals surface area contributed by atoms with Crippen LogP contribution in [0.2, 0.25) is 0 Å². The fourth-order valence-corrected chi connectivity index (χ4v) is 6.78. The van der Waals surface area contributed by atoms with E-state index in [4.69, 9.17) is 9.47 Å². The quantitative estimate of drug-likeness (QED) is 0.127. The molecule has 53 heavy (non-hydrogen) atoms. The largest absolute Gasteiger partial charge is 0.508 e. The van der Waals surface area contributed by atoms with Crippen LogP contribution < -0.4 is 15.4 Å². The van der Waals surface area contributed by atoms with E-state index in [1.807, 2.05) is 12.1 Å². The SMILES string of the molecule is O=C(N[C@H]1CC[C@H](NC(=O)c2cc(F)cnc2Oc2cccc(-c3ccc(O)cc3CN3CCOCC3)c2)CC1)c1csc(COC(=O)C(F)(F)F)n1. The second-order valence-corrected chi connectivity index (χ2v) is 13.5. The first-order chi connectivity index (χ1) is 25.4. The predicted molar refractivity (Wildman–Crippen MR) is 183 cm³/mol. The molecule has 280 valence electrons. The molecule has 2 fully saturated rings. The molecule has 1 saturated heterocycles. The Hall–Kier alpha value is -5.13. The Morgan fingerprint density at radius 3 is 2.42 bits per heavy atom. The van der Waals surface area contributed by atoms with E-state index < -0.39 is 36.4 Å². The van der Waals surface area contributed by atoms with Gasteiger partial charge >= 0.3 is 12.1 Å². The van der Waals surface area contributed by atoms with Crippen molar-refractivity contribution in [2.24, 2.45) is 0 Å². The molecule has 2 amide bonds. The fraction of sp³-hybridized carbons (Fsp3) is 0.361. The first kappa shape index (κ1) is 37.6. The number of nitrogens with one attached hydrogen (secondary N) is 2. The average molecular weight is 758 g/mol. The van der Waals surface area contributed by atoms with Gasteiger partial charge in [0.1, 0.15) is 40.2 Å². The van der Waals surface area contributed by atoms with Crippen molar-refractivity contribution < 1.29 is 51.3 Å². The van der Waals surface area contributed by atoms with Crippen LogP contribution in [0.4, 0.5) is 17.6 Å². The highest BCUT2D eigenvalue weighted by Gasteiger charge is 2.41. The van der Waals surface area contributed by atoms with Gasteiger partial charge in [0.2, 0.25) is 5.88 Å². The van der Waals surface area contributed by atoms with Crippen molar-refractivity contribution in [3.8, 4) is 28.5 Å². The molecule has 0 bridgehead atoms. The topological polar surface area (TPSA) is 152 Å². The predicted octanol–water partition coefficient (Wildman–Crippen LogP) is 5.75. The lowest BCUT2D eigenvalue weighted by molar-refractivity contribution is -0.201. The van der Waals surface area contributed by atoms with Crippen molar-refractivity contribution in [2.75, 3.05) is 26.3 Å². The number of thiazole rings is 1. The summed E-state index contributed by atoms with van der Waals surface area (Å²) in [4.78, 5) is 47.3. The molecule has 0 spiro atoms. The second-order valence-electron chi connectivity index (χ2n) is 12.6. The highest BCUT2D eigenvalue weighted by atomic mass is 32.1. The Balaban J connectivity index is 1.05. The van der Waals surface area contributed by atoms with Gasteiger partial charge in [-0.15, -0.1) is 11.3 Å². The number of ether oxygens (including phenoxy) is 3. The van der Waals surface area contributed by atoms with Crippen molar-refractivity contribution in [1.82, 2.24) is 25.5 Å². The number of hydrogen-bond donors (Lipinski definition) is 3. The third-order valence-corrected chi connectivity index (χ3v) is 9.57. The van der Waals surface area contributed by atoms with E-state index in [2.05, 4.69) is 30.2 Å². The standard InChI is InChI=1S/C36H35F4N5O7S/c37-23-16-29(32(47)42-24-4-6-25(7-5-24)43-33(48)30-20-53-31(44-30)19-51-35(49)36(38,39)40)34(41-17-23)52-27-3-1-2-21(15-27)28-9-8-26(46)14-22(28)18-45-10-12-50-13-11-45/h1-3,8-9,14-17,20,24-25,46H,4-7,10-13,18-19H2,(H,42,47)(H,43,48)/t24-,25-.